The van der Waals surface area contributed by atoms with Gasteiger partial charge in [-0.1, -0.05) is 54.6 Å². The number of benzene rings is 2. The van der Waals surface area contributed by atoms with Crippen molar-refractivity contribution in [2.75, 3.05) is 46.4 Å². The molecule has 0 unspecified atom stereocenters. The number of carbonyl (C=O) groups excluding carboxylic acids is 1. The molecule has 1 fully saturated rings. The van der Waals surface area contributed by atoms with E-state index in [1.807, 2.05) is 11.0 Å². The Bertz CT molecular complexity index is 806. The molecule has 1 saturated heterocycles. The molecule has 0 bridgehead atoms. The third-order valence-corrected chi connectivity index (χ3v) is 6.55. The van der Waals surface area contributed by atoms with Crippen molar-refractivity contribution in [1.29, 1.82) is 0 Å². The summed E-state index contributed by atoms with van der Waals surface area (Å²) in [5.74, 6) is 0.246. The fourth-order valence-corrected chi connectivity index (χ4v) is 4.80. The van der Waals surface area contributed by atoms with Crippen LogP contribution in [0.4, 0.5) is 0 Å². The molecule has 0 atom stereocenters. The van der Waals surface area contributed by atoms with E-state index in [0.717, 1.165) is 45.6 Å². The Kier molecular flexibility index (Phi) is 5.99. The number of likely N-dealkylation sites (N-methyl/N-ethyl adjacent to an activating group) is 1. The SMILES string of the molecule is CN(Cc1ccccc1)C1(C(=O)N2CCN(CCO)CC2)Cc2ccccc2C1. The van der Waals surface area contributed by atoms with Crippen LogP contribution in [0.3, 0.4) is 0 Å². The lowest BCUT2D eigenvalue weighted by Gasteiger charge is -2.43. The van der Waals surface area contributed by atoms with Gasteiger partial charge in [-0.15, -0.1) is 0 Å². The Morgan fingerprint density at radius 1 is 0.966 bits per heavy atom. The van der Waals surface area contributed by atoms with E-state index in [2.05, 4.69) is 65.4 Å². The van der Waals surface area contributed by atoms with Gasteiger partial charge in [0.15, 0.2) is 0 Å². The Morgan fingerprint density at radius 2 is 1.55 bits per heavy atom. The second-order valence-corrected chi connectivity index (χ2v) is 8.35. The molecule has 0 radical (unpaired) electrons. The van der Waals surface area contributed by atoms with Crippen molar-refractivity contribution >= 4 is 5.91 Å². The van der Waals surface area contributed by atoms with Crippen LogP contribution in [-0.2, 0) is 24.2 Å². The van der Waals surface area contributed by atoms with Gasteiger partial charge >= 0.3 is 0 Å². The molecule has 2 aliphatic rings. The average Bonchev–Trinajstić information content (AvgIpc) is 3.16. The Morgan fingerprint density at radius 3 is 2.14 bits per heavy atom. The van der Waals surface area contributed by atoms with Crippen molar-refractivity contribution in [3.05, 3.63) is 71.3 Å². The second kappa shape index (κ2) is 8.66. The highest BCUT2D eigenvalue weighted by molar-refractivity contribution is 5.88. The van der Waals surface area contributed by atoms with Crippen molar-refractivity contribution in [2.45, 2.75) is 24.9 Å². The van der Waals surface area contributed by atoms with Crippen LogP contribution in [0.25, 0.3) is 0 Å². The van der Waals surface area contributed by atoms with E-state index < -0.39 is 5.54 Å². The molecule has 1 N–H and O–H groups in total. The Labute approximate surface area is 173 Å². The van der Waals surface area contributed by atoms with Gasteiger partial charge < -0.3 is 10.0 Å². The number of fused-ring (bicyclic) bond motifs is 1. The summed E-state index contributed by atoms with van der Waals surface area (Å²) in [6, 6.07) is 18.9. The van der Waals surface area contributed by atoms with Crippen molar-refractivity contribution in [3.63, 3.8) is 0 Å². The molecule has 5 heteroatoms. The van der Waals surface area contributed by atoms with Gasteiger partial charge in [-0.25, -0.2) is 0 Å². The summed E-state index contributed by atoms with van der Waals surface area (Å²) in [4.78, 5) is 20.4. The third-order valence-electron chi connectivity index (χ3n) is 6.55. The van der Waals surface area contributed by atoms with Gasteiger partial charge in [0.1, 0.15) is 5.54 Å². The standard InChI is InChI=1S/C24H31N3O2/c1-25(19-20-7-3-2-4-8-20)24(17-21-9-5-6-10-22(21)18-24)23(29)27-13-11-26(12-14-27)15-16-28/h2-10,28H,11-19H2,1H3. The molecule has 1 amide bonds. The van der Waals surface area contributed by atoms with Crippen LogP contribution >= 0.6 is 0 Å². The number of aliphatic hydroxyl groups excluding tert-OH is 1. The maximum atomic E-state index is 13.9. The number of piperazine rings is 1. The van der Waals surface area contributed by atoms with E-state index in [1.165, 1.54) is 16.7 Å². The lowest BCUT2D eigenvalue weighted by molar-refractivity contribution is -0.145. The lowest BCUT2D eigenvalue weighted by Crippen LogP contribution is -2.62. The topological polar surface area (TPSA) is 47.0 Å². The molecule has 0 aromatic heterocycles. The smallest absolute Gasteiger partial charge is 0.243 e. The molecule has 5 nitrogen and oxygen atoms in total. The van der Waals surface area contributed by atoms with Crippen LogP contribution in [0.15, 0.2) is 54.6 Å². The molecule has 4 rings (SSSR count). The highest BCUT2D eigenvalue weighted by Crippen LogP contribution is 2.36. The number of hydrogen-bond acceptors (Lipinski definition) is 4. The predicted molar refractivity (Wildman–Crippen MR) is 115 cm³/mol. The summed E-state index contributed by atoms with van der Waals surface area (Å²) in [6.45, 7) is 4.74. The summed E-state index contributed by atoms with van der Waals surface area (Å²) in [5, 5.41) is 9.19. The number of carbonyl (C=O) groups is 1. The maximum Gasteiger partial charge on any atom is 0.243 e. The lowest BCUT2D eigenvalue weighted by atomic mass is 9.90. The van der Waals surface area contributed by atoms with Crippen molar-refractivity contribution in [1.82, 2.24) is 14.7 Å². The zero-order valence-electron chi connectivity index (χ0n) is 17.3. The Balaban J connectivity index is 1.57. The highest BCUT2D eigenvalue weighted by atomic mass is 16.3. The predicted octanol–water partition coefficient (Wildman–Crippen LogP) is 1.79. The fraction of sp³-hybridized carbons (Fsp3) is 0.458. The second-order valence-electron chi connectivity index (χ2n) is 8.35. The number of hydrogen-bond donors (Lipinski definition) is 1. The molecule has 1 heterocycles. The molecule has 1 aliphatic carbocycles. The first-order chi connectivity index (χ1) is 14.1. The summed E-state index contributed by atoms with van der Waals surface area (Å²) in [6.07, 6.45) is 1.53. The van der Waals surface area contributed by atoms with E-state index in [-0.39, 0.29) is 12.5 Å². The summed E-state index contributed by atoms with van der Waals surface area (Å²) >= 11 is 0. The molecular weight excluding hydrogens is 362 g/mol. The van der Waals surface area contributed by atoms with Gasteiger partial charge in [-0.05, 0) is 23.7 Å². The fourth-order valence-electron chi connectivity index (χ4n) is 4.80. The molecule has 154 valence electrons. The zero-order valence-corrected chi connectivity index (χ0v) is 17.3. The number of β-amino-alcohol motifs (C(OH)–C–C–N with tert-alkyl or cyclic N) is 1. The third kappa shape index (κ3) is 4.08. The molecule has 1 aliphatic heterocycles. The van der Waals surface area contributed by atoms with Crippen LogP contribution in [0.1, 0.15) is 16.7 Å². The van der Waals surface area contributed by atoms with E-state index >= 15 is 0 Å². The number of rotatable bonds is 6. The van der Waals surface area contributed by atoms with E-state index in [0.29, 0.717) is 6.54 Å². The summed E-state index contributed by atoms with van der Waals surface area (Å²) in [7, 11) is 2.10. The average molecular weight is 394 g/mol. The monoisotopic (exact) mass is 393 g/mol. The first-order valence-electron chi connectivity index (χ1n) is 10.6. The van der Waals surface area contributed by atoms with Crippen LogP contribution in [-0.4, -0.2) is 77.6 Å². The maximum absolute atomic E-state index is 13.9. The Hall–Kier alpha value is -2.21. The number of nitrogens with zero attached hydrogens (tertiary/aromatic N) is 3. The number of amides is 1. The number of aliphatic hydroxyl groups is 1. The van der Waals surface area contributed by atoms with Crippen LogP contribution in [0.2, 0.25) is 0 Å². The van der Waals surface area contributed by atoms with Crippen molar-refractivity contribution in [2.24, 2.45) is 0 Å². The molecule has 2 aromatic carbocycles. The van der Waals surface area contributed by atoms with Crippen LogP contribution < -0.4 is 0 Å². The molecular formula is C24H31N3O2. The quantitative estimate of drug-likeness (QED) is 0.813. The normalized spacial score (nSPS) is 18.8. The first-order valence-corrected chi connectivity index (χ1v) is 10.6. The first kappa shape index (κ1) is 20.1. The highest BCUT2D eigenvalue weighted by Gasteiger charge is 2.49. The van der Waals surface area contributed by atoms with E-state index in [9.17, 15) is 9.90 Å². The van der Waals surface area contributed by atoms with E-state index in [4.69, 9.17) is 0 Å². The van der Waals surface area contributed by atoms with Gasteiger partial charge in [0.25, 0.3) is 0 Å². The van der Waals surface area contributed by atoms with Gasteiger partial charge in [0.2, 0.25) is 5.91 Å². The molecule has 0 spiro atoms. The van der Waals surface area contributed by atoms with Crippen molar-refractivity contribution < 1.29 is 9.90 Å². The minimum Gasteiger partial charge on any atom is -0.395 e. The van der Waals surface area contributed by atoms with E-state index in [1.54, 1.807) is 0 Å². The molecule has 29 heavy (non-hydrogen) atoms. The van der Waals surface area contributed by atoms with Crippen molar-refractivity contribution in [3.8, 4) is 0 Å². The zero-order chi connectivity index (χ0) is 20.3. The summed E-state index contributed by atoms with van der Waals surface area (Å²) in [5.41, 5.74) is 3.28. The molecule has 2 aromatic rings. The van der Waals surface area contributed by atoms with Gasteiger partial charge in [0, 0.05) is 52.1 Å². The summed E-state index contributed by atoms with van der Waals surface area (Å²) < 4.78 is 0. The van der Waals surface area contributed by atoms with Crippen LogP contribution in [0, 0.1) is 0 Å². The van der Waals surface area contributed by atoms with Crippen LogP contribution in [0.5, 0.6) is 0 Å². The minimum absolute atomic E-state index is 0.174. The minimum atomic E-state index is -0.529. The van der Waals surface area contributed by atoms with Gasteiger partial charge in [-0.2, -0.15) is 0 Å². The largest absolute Gasteiger partial charge is 0.395 e. The van der Waals surface area contributed by atoms with Gasteiger partial charge in [-0.3, -0.25) is 14.6 Å². The molecule has 0 saturated carbocycles. The van der Waals surface area contributed by atoms with Gasteiger partial charge in [0.05, 0.1) is 6.61 Å².